The third-order valence-corrected chi connectivity index (χ3v) is 3.21. The van der Waals surface area contributed by atoms with Crippen molar-refractivity contribution in [3.05, 3.63) is 38.4 Å². The third-order valence-electron chi connectivity index (χ3n) is 3.21. The van der Waals surface area contributed by atoms with Gasteiger partial charge in [0, 0.05) is 18.2 Å². The maximum Gasteiger partial charge on any atom is 0.426 e. The summed E-state index contributed by atoms with van der Waals surface area (Å²) in [5.74, 6) is 0. The van der Waals surface area contributed by atoms with E-state index >= 15 is 0 Å². The highest BCUT2D eigenvalue weighted by Crippen LogP contribution is 2.45. The van der Waals surface area contributed by atoms with Crippen LogP contribution in [0.3, 0.4) is 0 Å². The van der Waals surface area contributed by atoms with Gasteiger partial charge in [-0.05, 0) is 13.0 Å². The van der Waals surface area contributed by atoms with E-state index in [9.17, 15) is 46.6 Å². The minimum absolute atomic E-state index is 0.521. The predicted octanol–water partition coefficient (Wildman–Crippen LogP) is 3.54. The van der Waals surface area contributed by atoms with Gasteiger partial charge in [0.25, 0.3) is 11.3 Å². The minimum Gasteiger partial charge on any atom is -0.373 e. The van der Waals surface area contributed by atoms with E-state index in [0.29, 0.717) is 13.0 Å². The Morgan fingerprint density at radius 2 is 1.63 bits per heavy atom. The average Bonchev–Trinajstić information content (AvgIpc) is 2.50. The monoisotopic (exact) mass is 404 g/mol. The Bertz CT molecular complexity index is 763. The highest BCUT2D eigenvalue weighted by atomic mass is 19.4. The van der Waals surface area contributed by atoms with Crippen molar-refractivity contribution in [1.82, 2.24) is 0 Å². The number of halogens is 6. The zero-order chi connectivity index (χ0) is 21.2. The SMILES string of the molecule is C/C(CC(O)(C(F)(F)F)C(F)(F)F)=N/Nc1ccc([N+](=O)[O-])cc1[N+](=O)[O-]. The van der Waals surface area contributed by atoms with Gasteiger partial charge in [-0.1, -0.05) is 0 Å². The Labute approximate surface area is 145 Å². The number of benzene rings is 1. The van der Waals surface area contributed by atoms with Crippen LogP contribution in [0.25, 0.3) is 0 Å². The number of rotatable bonds is 6. The molecule has 0 aliphatic heterocycles. The number of alkyl halides is 6. The first-order chi connectivity index (χ1) is 12.1. The number of nitrogens with one attached hydrogen (secondary N) is 1. The fourth-order valence-electron chi connectivity index (χ4n) is 1.81. The van der Waals surface area contributed by atoms with Gasteiger partial charge in [-0.25, -0.2) is 0 Å². The largest absolute Gasteiger partial charge is 0.426 e. The molecule has 0 unspecified atom stereocenters. The summed E-state index contributed by atoms with van der Waals surface area (Å²) in [7, 11) is 0. The van der Waals surface area contributed by atoms with E-state index in [2.05, 4.69) is 5.10 Å². The number of hydrogen-bond donors (Lipinski definition) is 2. The molecule has 1 aromatic rings. The molecule has 1 rings (SSSR count). The first-order valence-corrected chi connectivity index (χ1v) is 6.68. The number of non-ortho nitro benzene ring substituents is 1. The van der Waals surface area contributed by atoms with E-state index in [4.69, 9.17) is 5.11 Å². The highest BCUT2D eigenvalue weighted by Gasteiger charge is 2.70. The summed E-state index contributed by atoms with van der Waals surface area (Å²) in [5.41, 5.74) is -6.18. The molecule has 0 heterocycles. The van der Waals surface area contributed by atoms with E-state index in [-0.39, 0.29) is 0 Å². The summed E-state index contributed by atoms with van der Waals surface area (Å²) in [5, 5.41) is 33.7. The Hall–Kier alpha value is -2.97. The summed E-state index contributed by atoms with van der Waals surface area (Å²) >= 11 is 0. The van der Waals surface area contributed by atoms with Gasteiger partial charge in [0.05, 0.1) is 15.9 Å². The number of nitro benzene ring substituents is 2. The molecule has 0 bridgehead atoms. The van der Waals surface area contributed by atoms with E-state index in [1.807, 2.05) is 5.43 Å². The first-order valence-electron chi connectivity index (χ1n) is 6.68. The van der Waals surface area contributed by atoms with Crippen LogP contribution in [-0.4, -0.2) is 38.6 Å². The molecular weight excluding hydrogens is 394 g/mol. The lowest BCUT2D eigenvalue weighted by molar-refractivity contribution is -0.393. The molecule has 2 N–H and O–H groups in total. The lowest BCUT2D eigenvalue weighted by Crippen LogP contribution is -2.57. The topological polar surface area (TPSA) is 131 Å². The molecule has 0 fully saturated rings. The second-order valence-electron chi connectivity index (χ2n) is 5.21. The third kappa shape index (κ3) is 4.81. The van der Waals surface area contributed by atoms with Gasteiger partial charge in [-0.2, -0.15) is 31.4 Å². The summed E-state index contributed by atoms with van der Waals surface area (Å²) in [6, 6.07) is 2.13. The molecule has 0 atom stereocenters. The van der Waals surface area contributed by atoms with Gasteiger partial charge < -0.3 is 5.11 Å². The van der Waals surface area contributed by atoms with Crippen LogP contribution in [0.5, 0.6) is 0 Å². The number of nitro groups is 2. The van der Waals surface area contributed by atoms with Crippen molar-refractivity contribution in [2.75, 3.05) is 5.43 Å². The molecule has 9 nitrogen and oxygen atoms in total. The van der Waals surface area contributed by atoms with E-state index < -0.39 is 57.0 Å². The van der Waals surface area contributed by atoms with Crippen LogP contribution in [0, 0.1) is 20.2 Å². The van der Waals surface area contributed by atoms with Crippen LogP contribution >= 0.6 is 0 Å². The maximum absolute atomic E-state index is 12.6. The molecule has 0 spiro atoms. The fraction of sp³-hybridized carbons (Fsp3) is 0.417. The van der Waals surface area contributed by atoms with E-state index in [1.54, 1.807) is 0 Å². The van der Waals surface area contributed by atoms with Gasteiger partial charge in [0.2, 0.25) is 0 Å². The van der Waals surface area contributed by atoms with Gasteiger partial charge in [0.1, 0.15) is 5.69 Å². The van der Waals surface area contributed by atoms with Crippen LogP contribution in [0.1, 0.15) is 13.3 Å². The molecular formula is C12H10F6N4O5. The van der Waals surface area contributed by atoms with Crippen LogP contribution in [0.15, 0.2) is 23.3 Å². The summed E-state index contributed by atoms with van der Waals surface area (Å²) in [6.07, 6.45) is -14.1. The quantitative estimate of drug-likeness (QED) is 0.323. The first kappa shape index (κ1) is 22.1. The molecule has 0 aliphatic carbocycles. The van der Waals surface area contributed by atoms with E-state index in [0.717, 1.165) is 12.1 Å². The Morgan fingerprint density at radius 3 is 2.04 bits per heavy atom. The zero-order valence-electron chi connectivity index (χ0n) is 13.1. The van der Waals surface area contributed by atoms with Gasteiger partial charge in [-0.3, -0.25) is 25.7 Å². The lowest BCUT2D eigenvalue weighted by atomic mass is 9.95. The second kappa shape index (κ2) is 7.34. The van der Waals surface area contributed by atoms with Crippen molar-refractivity contribution in [2.45, 2.75) is 31.3 Å². The van der Waals surface area contributed by atoms with Crippen molar-refractivity contribution in [2.24, 2.45) is 5.10 Å². The summed E-state index contributed by atoms with van der Waals surface area (Å²) in [6.45, 7) is 0.715. The van der Waals surface area contributed by atoms with Crippen LogP contribution < -0.4 is 5.43 Å². The number of anilines is 1. The lowest BCUT2D eigenvalue weighted by Gasteiger charge is -2.32. The van der Waals surface area contributed by atoms with Crippen LogP contribution in [0.2, 0.25) is 0 Å². The van der Waals surface area contributed by atoms with Gasteiger partial charge in [-0.15, -0.1) is 0 Å². The summed E-state index contributed by atoms with van der Waals surface area (Å²) in [4.78, 5) is 19.5. The molecule has 1 aromatic carbocycles. The average molecular weight is 404 g/mol. The van der Waals surface area contributed by atoms with Crippen molar-refractivity contribution < 1.29 is 41.3 Å². The Balaban J connectivity index is 3.16. The van der Waals surface area contributed by atoms with Gasteiger partial charge >= 0.3 is 18.0 Å². The zero-order valence-corrected chi connectivity index (χ0v) is 13.1. The molecule has 0 radical (unpaired) electrons. The molecule has 27 heavy (non-hydrogen) atoms. The van der Waals surface area contributed by atoms with Crippen molar-refractivity contribution >= 4 is 22.8 Å². The Morgan fingerprint density at radius 1 is 1.11 bits per heavy atom. The van der Waals surface area contributed by atoms with Crippen LogP contribution in [0.4, 0.5) is 43.4 Å². The number of aliphatic hydroxyl groups is 1. The molecule has 0 saturated carbocycles. The smallest absolute Gasteiger partial charge is 0.373 e. The molecule has 0 aromatic heterocycles. The van der Waals surface area contributed by atoms with Crippen molar-refractivity contribution in [3.63, 3.8) is 0 Å². The van der Waals surface area contributed by atoms with Crippen molar-refractivity contribution in [3.8, 4) is 0 Å². The molecule has 0 aliphatic rings. The number of hydrazone groups is 1. The summed E-state index contributed by atoms with van der Waals surface area (Å²) < 4.78 is 75.7. The van der Waals surface area contributed by atoms with Gasteiger partial charge in [0.15, 0.2) is 0 Å². The normalized spacial score (nSPS) is 13.4. The molecule has 150 valence electrons. The number of nitrogens with zero attached hydrogens (tertiary/aromatic N) is 3. The molecule has 0 saturated heterocycles. The maximum atomic E-state index is 12.6. The molecule has 15 heteroatoms. The number of hydrogen-bond acceptors (Lipinski definition) is 7. The van der Waals surface area contributed by atoms with E-state index in [1.165, 1.54) is 0 Å². The minimum atomic E-state index is -6.05. The highest BCUT2D eigenvalue weighted by molar-refractivity contribution is 5.84. The fourth-order valence-corrected chi connectivity index (χ4v) is 1.81. The second-order valence-corrected chi connectivity index (χ2v) is 5.21. The van der Waals surface area contributed by atoms with Crippen LogP contribution in [-0.2, 0) is 0 Å². The predicted molar refractivity (Wildman–Crippen MR) is 78.2 cm³/mol. The Kier molecular flexibility index (Phi) is 6.00. The van der Waals surface area contributed by atoms with Crippen molar-refractivity contribution in [1.29, 1.82) is 0 Å². The standard InChI is InChI=1S/C12H10F6N4O5/c1-6(5-10(23,11(13,14)15)12(16,17)18)19-20-8-3-2-7(21(24)25)4-9(8)22(26)27/h2-4,20,23H,5H2,1H3/b19-6-. The molecule has 0 amide bonds.